The number of carbonyl (C=O) groups excluding carboxylic acids is 1. The van der Waals surface area contributed by atoms with Crippen molar-refractivity contribution >= 4 is 5.97 Å². The molecule has 0 fully saturated rings. The number of methoxy groups -OCH3 is 1. The fraction of sp³-hybridized carbons (Fsp3) is 0.364. The molecule has 8 heteroatoms. The third kappa shape index (κ3) is 5.64. The molecule has 0 spiro atoms. The van der Waals surface area contributed by atoms with Crippen molar-refractivity contribution in [2.75, 3.05) is 20.3 Å². The molecular weight excluding hydrogens is 392 g/mol. The normalized spacial score (nSPS) is 11.6. The number of aromatic hydroxyl groups is 1. The van der Waals surface area contributed by atoms with Gasteiger partial charge < -0.3 is 28.8 Å². The van der Waals surface area contributed by atoms with Gasteiger partial charge >= 0.3 is 5.97 Å². The molecule has 30 heavy (non-hydrogen) atoms. The topological polar surface area (TPSA) is 115 Å². The average Bonchev–Trinajstić information content (AvgIpc) is 2.72. The van der Waals surface area contributed by atoms with E-state index in [4.69, 9.17) is 18.6 Å². The summed E-state index contributed by atoms with van der Waals surface area (Å²) in [5.41, 5.74) is 0.632. The van der Waals surface area contributed by atoms with Crippen LogP contribution in [0, 0.1) is 0 Å². The van der Waals surface area contributed by atoms with E-state index in [2.05, 4.69) is 6.58 Å². The lowest BCUT2D eigenvalue weighted by atomic mass is 9.91. The first-order valence-electron chi connectivity index (χ1n) is 9.38. The van der Waals surface area contributed by atoms with E-state index in [1.165, 1.54) is 7.11 Å². The van der Waals surface area contributed by atoms with Crippen molar-refractivity contribution in [3.63, 3.8) is 0 Å². The molecule has 0 unspecified atom stereocenters. The summed E-state index contributed by atoms with van der Waals surface area (Å²) in [5, 5.41) is 19.7. The van der Waals surface area contributed by atoms with Gasteiger partial charge in [-0.1, -0.05) is 12.6 Å². The highest BCUT2D eigenvalue weighted by Gasteiger charge is 2.27. The fourth-order valence-corrected chi connectivity index (χ4v) is 2.84. The average molecular weight is 418 g/mol. The Morgan fingerprint density at radius 1 is 1.27 bits per heavy atom. The number of ether oxygens (including phenoxy) is 3. The number of esters is 1. The van der Waals surface area contributed by atoms with Crippen molar-refractivity contribution in [2.24, 2.45) is 0 Å². The van der Waals surface area contributed by atoms with E-state index < -0.39 is 29.7 Å². The molecule has 0 saturated heterocycles. The second-order valence-electron chi connectivity index (χ2n) is 6.67. The summed E-state index contributed by atoms with van der Waals surface area (Å²) in [6.07, 6.45) is -0.200. The van der Waals surface area contributed by atoms with Crippen LogP contribution in [0.4, 0.5) is 0 Å². The number of carbonyl (C=O) groups is 1. The van der Waals surface area contributed by atoms with E-state index in [0.717, 1.165) is 11.6 Å². The highest BCUT2D eigenvalue weighted by atomic mass is 16.5. The first-order chi connectivity index (χ1) is 14.3. The molecule has 0 bridgehead atoms. The molecule has 0 aliphatic rings. The quantitative estimate of drug-likeness (QED) is 0.447. The standard InChI is InChI=1S/C22H26O8/c1-5-28-20(25)10-16(22-21(26)17(24)9-15(11-23)30-22)14-6-7-18(19(8-14)27-4)29-12-13(2)3/h6-9,16,23,26H,2,5,10-12H2,1,3-4H3/t16-/m1/s1. The van der Waals surface area contributed by atoms with Crippen LogP contribution in [0.5, 0.6) is 17.2 Å². The predicted octanol–water partition coefficient (Wildman–Crippen LogP) is 2.89. The smallest absolute Gasteiger partial charge is 0.306 e. The van der Waals surface area contributed by atoms with Gasteiger partial charge in [-0.3, -0.25) is 9.59 Å². The maximum Gasteiger partial charge on any atom is 0.306 e. The molecule has 1 atom stereocenters. The molecule has 8 nitrogen and oxygen atoms in total. The molecule has 0 radical (unpaired) electrons. The number of hydrogen-bond acceptors (Lipinski definition) is 8. The zero-order chi connectivity index (χ0) is 22.3. The Morgan fingerprint density at radius 2 is 2.00 bits per heavy atom. The summed E-state index contributed by atoms with van der Waals surface area (Å²) in [5.74, 6) is -1.35. The number of aliphatic hydroxyl groups excluding tert-OH is 1. The van der Waals surface area contributed by atoms with Crippen LogP contribution in [0.25, 0.3) is 0 Å². The Hall–Kier alpha value is -3.26. The van der Waals surface area contributed by atoms with Crippen LogP contribution in [-0.2, 0) is 16.1 Å². The van der Waals surface area contributed by atoms with Crippen LogP contribution < -0.4 is 14.9 Å². The largest absolute Gasteiger partial charge is 0.502 e. The van der Waals surface area contributed by atoms with E-state index in [-0.39, 0.29) is 24.5 Å². The first kappa shape index (κ1) is 23.0. The van der Waals surface area contributed by atoms with Gasteiger partial charge in [0.15, 0.2) is 17.3 Å². The van der Waals surface area contributed by atoms with Crippen LogP contribution in [-0.4, -0.2) is 36.5 Å². The molecule has 2 aromatic rings. The number of aliphatic hydroxyl groups is 1. The summed E-state index contributed by atoms with van der Waals surface area (Å²) in [6, 6.07) is 5.95. The Balaban J connectivity index is 2.55. The lowest BCUT2D eigenvalue weighted by Crippen LogP contribution is -2.15. The van der Waals surface area contributed by atoms with Crippen molar-refractivity contribution in [1.29, 1.82) is 0 Å². The minimum atomic E-state index is -0.854. The van der Waals surface area contributed by atoms with E-state index in [1.807, 2.05) is 6.92 Å². The first-order valence-corrected chi connectivity index (χ1v) is 9.38. The molecule has 0 saturated carbocycles. The number of rotatable bonds is 10. The van der Waals surface area contributed by atoms with Gasteiger partial charge in [0.1, 0.15) is 19.0 Å². The van der Waals surface area contributed by atoms with Crippen molar-refractivity contribution < 1.29 is 33.6 Å². The van der Waals surface area contributed by atoms with Crippen molar-refractivity contribution in [1.82, 2.24) is 0 Å². The van der Waals surface area contributed by atoms with E-state index in [9.17, 15) is 19.8 Å². The zero-order valence-corrected chi connectivity index (χ0v) is 17.3. The van der Waals surface area contributed by atoms with Gasteiger partial charge in [-0.2, -0.15) is 0 Å². The molecule has 0 aliphatic heterocycles. The van der Waals surface area contributed by atoms with Gasteiger partial charge in [-0.05, 0) is 37.1 Å². The van der Waals surface area contributed by atoms with Gasteiger partial charge in [0.05, 0.1) is 26.1 Å². The lowest BCUT2D eigenvalue weighted by molar-refractivity contribution is -0.143. The third-order valence-corrected chi connectivity index (χ3v) is 4.21. The van der Waals surface area contributed by atoms with Gasteiger partial charge in [-0.15, -0.1) is 0 Å². The van der Waals surface area contributed by atoms with Crippen LogP contribution in [0.3, 0.4) is 0 Å². The number of hydrogen-bond donors (Lipinski definition) is 2. The third-order valence-electron chi connectivity index (χ3n) is 4.21. The van der Waals surface area contributed by atoms with Crippen LogP contribution in [0.15, 0.2) is 45.6 Å². The SMILES string of the molecule is C=C(C)COc1ccc([C@@H](CC(=O)OCC)c2oc(CO)cc(=O)c2O)cc1OC. The highest BCUT2D eigenvalue weighted by Crippen LogP contribution is 2.38. The minimum absolute atomic E-state index is 0.0324. The second-order valence-corrected chi connectivity index (χ2v) is 6.67. The second kappa shape index (κ2) is 10.5. The molecule has 1 heterocycles. The Bertz CT molecular complexity index is 960. The maximum absolute atomic E-state index is 12.2. The van der Waals surface area contributed by atoms with Crippen molar-refractivity contribution in [2.45, 2.75) is 32.8 Å². The summed E-state index contributed by atoms with van der Waals surface area (Å²) in [7, 11) is 1.47. The summed E-state index contributed by atoms with van der Waals surface area (Å²) < 4.78 is 21.6. The Kier molecular flexibility index (Phi) is 8.06. The fourth-order valence-electron chi connectivity index (χ4n) is 2.84. The molecule has 162 valence electrons. The molecule has 0 amide bonds. The molecule has 1 aromatic heterocycles. The molecule has 0 aliphatic carbocycles. The summed E-state index contributed by atoms with van der Waals surface area (Å²) in [6.45, 7) is 7.23. The van der Waals surface area contributed by atoms with Crippen LogP contribution in [0.1, 0.15) is 43.3 Å². The molecule has 2 rings (SSSR count). The Morgan fingerprint density at radius 3 is 2.60 bits per heavy atom. The zero-order valence-electron chi connectivity index (χ0n) is 17.3. The van der Waals surface area contributed by atoms with Gasteiger partial charge in [0.2, 0.25) is 11.2 Å². The van der Waals surface area contributed by atoms with Gasteiger partial charge in [-0.25, -0.2) is 0 Å². The lowest BCUT2D eigenvalue weighted by Gasteiger charge is -2.19. The van der Waals surface area contributed by atoms with Gasteiger partial charge in [0.25, 0.3) is 0 Å². The van der Waals surface area contributed by atoms with Crippen LogP contribution in [0.2, 0.25) is 0 Å². The maximum atomic E-state index is 12.2. The van der Waals surface area contributed by atoms with Crippen LogP contribution >= 0.6 is 0 Å². The highest BCUT2D eigenvalue weighted by molar-refractivity contribution is 5.71. The molecule has 2 N–H and O–H groups in total. The van der Waals surface area contributed by atoms with Crippen molar-refractivity contribution in [3.8, 4) is 17.2 Å². The predicted molar refractivity (Wildman–Crippen MR) is 109 cm³/mol. The van der Waals surface area contributed by atoms with Crippen molar-refractivity contribution in [3.05, 3.63) is 63.7 Å². The minimum Gasteiger partial charge on any atom is -0.502 e. The summed E-state index contributed by atoms with van der Waals surface area (Å²) >= 11 is 0. The Labute approximate surface area is 174 Å². The van der Waals surface area contributed by atoms with E-state index >= 15 is 0 Å². The monoisotopic (exact) mass is 418 g/mol. The number of benzene rings is 1. The molecule has 1 aromatic carbocycles. The summed E-state index contributed by atoms with van der Waals surface area (Å²) in [4.78, 5) is 24.3. The van der Waals surface area contributed by atoms with E-state index in [0.29, 0.717) is 23.7 Å². The van der Waals surface area contributed by atoms with Gasteiger partial charge in [0, 0.05) is 6.07 Å². The van der Waals surface area contributed by atoms with E-state index in [1.54, 1.807) is 25.1 Å². The molecular formula is C22H26O8.